The van der Waals surface area contributed by atoms with Gasteiger partial charge in [-0.3, -0.25) is 11.3 Å². The van der Waals surface area contributed by atoms with Gasteiger partial charge in [-0.1, -0.05) is 30.5 Å². The molecule has 1 unspecified atom stereocenters. The standard InChI is InChI=1S/C14H22N2O/c1-10-3-8-14(17-2)12(9-10)13(16-15)7-6-11-4-5-11/h3,8-9,11,13,16H,4-7,15H2,1-2H3. The van der Waals surface area contributed by atoms with Crippen molar-refractivity contribution in [2.24, 2.45) is 11.8 Å². The quantitative estimate of drug-likeness (QED) is 0.587. The Kier molecular flexibility index (Phi) is 4.02. The lowest BCUT2D eigenvalue weighted by Crippen LogP contribution is -2.28. The van der Waals surface area contributed by atoms with Crippen LogP contribution in [0.1, 0.15) is 42.9 Å². The Morgan fingerprint density at radius 3 is 2.82 bits per heavy atom. The van der Waals surface area contributed by atoms with Crippen LogP contribution in [0.4, 0.5) is 0 Å². The predicted molar refractivity (Wildman–Crippen MR) is 69.8 cm³/mol. The van der Waals surface area contributed by atoms with Crippen LogP contribution in [0.3, 0.4) is 0 Å². The molecule has 1 saturated carbocycles. The van der Waals surface area contributed by atoms with Gasteiger partial charge in [-0.05, 0) is 31.7 Å². The third-order valence-corrected chi connectivity index (χ3v) is 3.52. The number of hydrazine groups is 1. The van der Waals surface area contributed by atoms with Gasteiger partial charge in [0.1, 0.15) is 5.75 Å². The fraction of sp³-hybridized carbons (Fsp3) is 0.571. The molecule has 1 aromatic carbocycles. The number of aryl methyl sites for hydroxylation is 1. The predicted octanol–water partition coefficient (Wildman–Crippen LogP) is 2.70. The summed E-state index contributed by atoms with van der Waals surface area (Å²) in [5.74, 6) is 7.54. The number of benzene rings is 1. The van der Waals surface area contributed by atoms with Gasteiger partial charge in [0, 0.05) is 11.6 Å². The topological polar surface area (TPSA) is 47.3 Å². The van der Waals surface area contributed by atoms with E-state index < -0.39 is 0 Å². The second kappa shape index (κ2) is 5.52. The van der Waals surface area contributed by atoms with E-state index in [1.54, 1.807) is 7.11 Å². The van der Waals surface area contributed by atoms with E-state index >= 15 is 0 Å². The van der Waals surface area contributed by atoms with Crippen LogP contribution in [0.2, 0.25) is 0 Å². The number of ether oxygens (including phenoxy) is 1. The average molecular weight is 234 g/mol. The van der Waals surface area contributed by atoms with Gasteiger partial charge in [-0.15, -0.1) is 0 Å². The molecule has 0 aliphatic heterocycles. The van der Waals surface area contributed by atoms with Gasteiger partial charge in [-0.25, -0.2) is 0 Å². The second-order valence-electron chi connectivity index (χ2n) is 4.99. The summed E-state index contributed by atoms with van der Waals surface area (Å²) in [6, 6.07) is 6.45. The highest BCUT2D eigenvalue weighted by molar-refractivity contribution is 5.39. The molecule has 2 rings (SSSR count). The van der Waals surface area contributed by atoms with E-state index in [2.05, 4.69) is 24.5 Å². The Bertz CT molecular complexity index is 374. The Hall–Kier alpha value is -1.06. The van der Waals surface area contributed by atoms with Crippen molar-refractivity contribution in [3.63, 3.8) is 0 Å². The molecule has 94 valence electrons. The molecule has 3 heteroatoms. The molecule has 0 saturated heterocycles. The number of hydrogen-bond donors (Lipinski definition) is 2. The molecule has 0 aromatic heterocycles. The minimum atomic E-state index is 0.199. The molecule has 0 amide bonds. The van der Waals surface area contributed by atoms with Crippen LogP contribution < -0.4 is 16.0 Å². The highest BCUT2D eigenvalue weighted by Crippen LogP contribution is 2.37. The largest absolute Gasteiger partial charge is 0.496 e. The van der Waals surface area contributed by atoms with Crippen molar-refractivity contribution >= 4 is 0 Å². The van der Waals surface area contributed by atoms with E-state index in [0.29, 0.717) is 0 Å². The van der Waals surface area contributed by atoms with Gasteiger partial charge in [0.15, 0.2) is 0 Å². The van der Waals surface area contributed by atoms with Gasteiger partial charge in [0.25, 0.3) is 0 Å². The Morgan fingerprint density at radius 2 is 2.24 bits per heavy atom. The Balaban J connectivity index is 2.12. The molecule has 0 heterocycles. The fourth-order valence-corrected chi connectivity index (χ4v) is 2.26. The van der Waals surface area contributed by atoms with Crippen molar-refractivity contribution in [1.29, 1.82) is 0 Å². The molecule has 3 nitrogen and oxygen atoms in total. The summed E-state index contributed by atoms with van der Waals surface area (Å²) in [5, 5.41) is 0. The Morgan fingerprint density at radius 1 is 1.47 bits per heavy atom. The first-order valence-corrected chi connectivity index (χ1v) is 6.35. The summed E-state index contributed by atoms with van der Waals surface area (Å²) >= 11 is 0. The van der Waals surface area contributed by atoms with E-state index in [1.165, 1.54) is 30.4 Å². The van der Waals surface area contributed by atoms with E-state index in [1.807, 2.05) is 6.07 Å². The minimum absolute atomic E-state index is 0.199. The van der Waals surface area contributed by atoms with Crippen LogP contribution in [0.25, 0.3) is 0 Å². The molecule has 1 aliphatic carbocycles. The molecule has 3 N–H and O–H groups in total. The van der Waals surface area contributed by atoms with Crippen molar-refractivity contribution in [1.82, 2.24) is 5.43 Å². The monoisotopic (exact) mass is 234 g/mol. The van der Waals surface area contributed by atoms with Gasteiger partial charge < -0.3 is 4.74 Å². The number of nitrogens with one attached hydrogen (secondary N) is 1. The first-order valence-electron chi connectivity index (χ1n) is 6.35. The summed E-state index contributed by atoms with van der Waals surface area (Å²) < 4.78 is 5.41. The molecule has 17 heavy (non-hydrogen) atoms. The highest BCUT2D eigenvalue weighted by Gasteiger charge is 2.23. The lowest BCUT2D eigenvalue weighted by Gasteiger charge is -2.19. The minimum Gasteiger partial charge on any atom is -0.496 e. The maximum atomic E-state index is 5.68. The van der Waals surface area contributed by atoms with Crippen LogP contribution in [-0.4, -0.2) is 7.11 Å². The normalized spacial score (nSPS) is 16.9. The van der Waals surface area contributed by atoms with Crippen molar-refractivity contribution in [2.75, 3.05) is 7.11 Å². The number of methoxy groups -OCH3 is 1. The third-order valence-electron chi connectivity index (χ3n) is 3.52. The lowest BCUT2D eigenvalue weighted by atomic mass is 9.98. The molecular formula is C14H22N2O. The molecule has 1 aromatic rings. The first-order chi connectivity index (χ1) is 8.24. The summed E-state index contributed by atoms with van der Waals surface area (Å²) in [6.07, 6.45) is 5.12. The third kappa shape index (κ3) is 3.20. The molecular weight excluding hydrogens is 212 g/mol. The maximum absolute atomic E-state index is 5.68. The van der Waals surface area contributed by atoms with Crippen LogP contribution in [0.15, 0.2) is 18.2 Å². The molecule has 1 fully saturated rings. The van der Waals surface area contributed by atoms with Crippen molar-refractivity contribution in [3.05, 3.63) is 29.3 Å². The summed E-state index contributed by atoms with van der Waals surface area (Å²) in [6.45, 7) is 2.09. The zero-order valence-electron chi connectivity index (χ0n) is 10.7. The van der Waals surface area contributed by atoms with Crippen molar-refractivity contribution < 1.29 is 4.74 Å². The smallest absolute Gasteiger partial charge is 0.123 e. The molecule has 1 aliphatic rings. The van der Waals surface area contributed by atoms with Crippen molar-refractivity contribution in [3.8, 4) is 5.75 Å². The summed E-state index contributed by atoms with van der Waals surface area (Å²) in [5.41, 5.74) is 5.34. The highest BCUT2D eigenvalue weighted by atomic mass is 16.5. The molecule has 0 radical (unpaired) electrons. The van der Waals surface area contributed by atoms with E-state index in [4.69, 9.17) is 10.6 Å². The van der Waals surface area contributed by atoms with E-state index in [9.17, 15) is 0 Å². The molecule has 0 spiro atoms. The second-order valence-corrected chi connectivity index (χ2v) is 4.99. The number of rotatable bonds is 6. The zero-order chi connectivity index (χ0) is 12.3. The summed E-state index contributed by atoms with van der Waals surface area (Å²) in [7, 11) is 1.71. The maximum Gasteiger partial charge on any atom is 0.123 e. The summed E-state index contributed by atoms with van der Waals surface area (Å²) in [4.78, 5) is 0. The molecule has 0 bridgehead atoms. The van der Waals surface area contributed by atoms with Crippen LogP contribution >= 0.6 is 0 Å². The lowest BCUT2D eigenvalue weighted by molar-refractivity contribution is 0.392. The van der Waals surface area contributed by atoms with Gasteiger partial charge in [-0.2, -0.15) is 0 Å². The van der Waals surface area contributed by atoms with Gasteiger partial charge in [0.05, 0.1) is 7.11 Å². The van der Waals surface area contributed by atoms with E-state index in [-0.39, 0.29) is 6.04 Å². The number of hydrogen-bond acceptors (Lipinski definition) is 3. The van der Waals surface area contributed by atoms with Crippen LogP contribution in [0, 0.1) is 12.8 Å². The van der Waals surface area contributed by atoms with E-state index in [0.717, 1.165) is 18.1 Å². The van der Waals surface area contributed by atoms with Crippen LogP contribution in [0.5, 0.6) is 5.75 Å². The van der Waals surface area contributed by atoms with Gasteiger partial charge in [0.2, 0.25) is 0 Å². The first kappa shape index (κ1) is 12.4. The Labute approximate surface area is 103 Å². The SMILES string of the molecule is COc1ccc(C)cc1C(CCC1CC1)NN. The van der Waals surface area contributed by atoms with Crippen molar-refractivity contribution in [2.45, 2.75) is 38.6 Å². The molecule has 1 atom stereocenters. The van der Waals surface area contributed by atoms with Crippen LogP contribution in [-0.2, 0) is 0 Å². The zero-order valence-corrected chi connectivity index (χ0v) is 10.7. The fourth-order valence-electron chi connectivity index (χ4n) is 2.26. The average Bonchev–Trinajstić information content (AvgIpc) is 3.14. The number of nitrogens with two attached hydrogens (primary N) is 1. The van der Waals surface area contributed by atoms with Gasteiger partial charge >= 0.3 is 0 Å².